The molecule has 0 saturated carbocycles. The van der Waals surface area contributed by atoms with Crippen LogP contribution in [-0.4, -0.2) is 40.2 Å². The van der Waals surface area contributed by atoms with Crippen LogP contribution in [0.25, 0.3) is 0 Å². The second-order valence-corrected chi connectivity index (χ2v) is 3.38. The highest BCUT2D eigenvalue weighted by molar-refractivity contribution is 5.20. The summed E-state index contributed by atoms with van der Waals surface area (Å²) < 4.78 is 1.60. The second-order valence-electron chi connectivity index (χ2n) is 3.38. The summed E-state index contributed by atoms with van der Waals surface area (Å²) in [5.74, 6) is 0. The van der Waals surface area contributed by atoms with E-state index >= 15 is 0 Å². The molecule has 0 aliphatic heterocycles. The molecule has 0 unspecified atom stereocenters. The van der Waals surface area contributed by atoms with Crippen molar-refractivity contribution in [1.29, 1.82) is 0 Å². The molecule has 78 valence electrons. The van der Waals surface area contributed by atoms with Crippen molar-refractivity contribution in [2.45, 2.75) is 13.0 Å². The fourth-order valence-corrected chi connectivity index (χ4v) is 1.12. The summed E-state index contributed by atoms with van der Waals surface area (Å²) >= 11 is 0. The van der Waals surface area contributed by atoms with Gasteiger partial charge >= 0.3 is 5.69 Å². The molecule has 0 saturated heterocycles. The van der Waals surface area contributed by atoms with Gasteiger partial charge in [0.2, 0.25) is 0 Å². The van der Waals surface area contributed by atoms with Crippen LogP contribution in [0.4, 0.5) is 5.69 Å². The van der Waals surface area contributed by atoms with E-state index in [1.54, 1.807) is 4.68 Å². The molecule has 0 aromatic carbocycles. The molecule has 1 heterocycles. The Kier molecular flexibility index (Phi) is 3.58. The Bertz CT molecular complexity index is 308. The average molecular weight is 198 g/mol. The zero-order valence-corrected chi connectivity index (χ0v) is 8.38. The van der Waals surface area contributed by atoms with Gasteiger partial charge in [-0.15, -0.1) is 0 Å². The largest absolute Gasteiger partial charge is 0.309 e. The van der Waals surface area contributed by atoms with Gasteiger partial charge in [0.1, 0.15) is 12.4 Å². The van der Waals surface area contributed by atoms with Crippen LogP contribution in [0.1, 0.15) is 6.42 Å². The molecule has 1 aromatic rings. The normalized spacial score (nSPS) is 10.8. The molecule has 1 rings (SSSR count). The minimum absolute atomic E-state index is 0.0508. The maximum absolute atomic E-state index is 10.3. The number of rotatable bonds is 5. The lowest BCUT2D eigenvalue weighted by Gasteiger charge is -2.08. The van der Waals surface area contributed by atoms with Crippen molar-refractivity contribution in [3.05, 3.63) is 22.5 Å². The van der Waals surface area contributed by atoms with E-state index in [4.69, 9.17) is 0 Å². The summed E-state index contributed by atoms with van der Waals surface area (Å²) in [5, 5.41) is 14.2. The number of nitro groups is 1. The van der Waals surface area contributed by atoms with Crippen molar-refractivity contribution in [2.75, 3.05) is 20.6 Å². The maximum atomic E-state index is 10.3. The molecular formula is C8H14N4O2. The van der Waals surface area contributed by atoms with Crippen molar-refractivity contribution in [2.24, 2.45) is 0 Å². The summed E-state index contributed by atoms with van der Waals surface area (Å²) in [6.07, 6.45) is 3.66. The number of nitrogens with zero attached hydrogens (tertiary/aromatic N) is 4. The summed E-state index contributed by atoms with van der Waals surface area (Å²) in [5.41, 5.74) is 0.0508. The third-order valence-electron chi connectivity index (χ3n) is 1.82. The second kappa shape index (κ2) is 4.71. The molecule has 0 bridgehead atoms. The molecule has 0 atom stereocenters. The molecule has 1 aromatic heterocycles. The van der Waals surface area contributed by atoms with Crippen LogP contribution in [0.3, 0.4) is 0 Å². The first-order valence-corrected chi connectivity index (χ1v) is 4.41. The van der Waals surface area contributed by atoms with Gasteiger partial charge in [-0.05, 0) is 27.1 Å². The first-order valence-electron chi connectivity index (χ1n) is 4.41. The highest BCUT2D eigenvalue weighted by Crippen LogP contribution is 2.07. The van der Waals surface area contributed by atoms with Gasteiger partial charge in [0, 0.05) is 6.54 Å². The minimum atomic E-state index is -0.435. The van der Waals surface area contributed by atoms with E-state index in [9.17, 15) is 10.1 Å². The van der Waals surface area contributed by atoms with Gasteiger partial charge in [0.05, 0.1) is 4.92 Å². The van der Waals surface area contributed by atoms with Crippen molar-refractivity contribution in [1.82, 2.24) is 14.7 Å². The zero-order chi connectivity index (χ0) is 10.6. The fourth-order valence-electron chi connectivity index (χ4n) is 1.12. The highest BCUT2D eigenvalue weighted by atomic mass is 16.6. The van der Waals surface area contributed by atoms with E-state index in [2.05, 4.69) is 10.00 Å². The number of hydrogen-bond donors (Lipinski definition) is 0. The van der Waals surface area contributed by atoms with Gasteiger partial charge in [-0.3, -0.25) is 14.8 Å². The predicted molar refractivity (Wildman–Crippen MR) is 52.1 cm³/mol. The Balaban J connectivity index is 2.40. The SMILES string of the molecule is CN(C)CCCn1cc([N+](=O)[O-])cn1. The summed E-state index contributed by atoms with van der Waals surface area (Å²) in [6.45, 7) is 1.67. The molecule has 0 aliphatic carbocycles. The van der Waals surface area contributed by atoms with Crippen LogP contribution in [0.2, 0.25) is 0 Å². The van der Waals surface area contributed by atoms with Gasteiger partial charge in [-0.2, -0.15) is 5.10 Å². The summed E-state index contributed by atoms with van der Waals surface area (Å²) in [7, 11) is 3.98. The quantitative estimate of drug-likeness (QED) is 0.517. The Labute approximate surface area is 82.3 Å². The van der Waals surface area contributed by atoms with Crippen LogP contribution in [0.5, 0.6) is 0 Å². The van der Waals surface area contributed by atoms with Crippen molar-refractivity contribution in [3.63, 3.8) is 0 Å². The number of aryl methyl sites for hydroxylation is 1. The van der Waals surface area contributed by atoms with E-state index in [-0.39, 0.29) is 5.69 Å². The topological polar surface area (TPSA) is 64.2 Å². The summed E-state index contributed by atoms with van der Waals surface area (Å²) in [6, 6.07) is 0. The van der Waals surface area contributed by atoms with Gasteiger partial charge < -0.3 is 4.90 Å². The molecule has 0 aliphatic rings. The predicted octanol–water partition coefficient (Wildman–Crippen LogP) is 0.743. The first-order chi connectivity index (χ1) is 6.59. The Morgan fingerprint density at radius 3 is 2.86 bits per heavy atom. The van der Waals surface area contributed by atoms with Crippen LogP contribution < -0.4 is 0 Å². The highest BCUT2D eigenvalue weighted by Gasteiger charge is 2.07. The third-order valence-corrected chi connectivity index (χ3v) is 1.82. The number of hydrogen-bond acceptors (Lipinski definition) is 4. The zero-order valence-electron chi connectivity index (χ0n) is 8.38. The van der Waals surface area contributed by atoms with Gasteiger partial charge in [-0.1, -0.05) is 0 Å². The van der Waals surface area contributed by atoms with E-state index in [0.717, 1.165) is 13.0 Å². The fraction of sp³-hybridized carbons (Fsp3) is 0.625. The smallest absolute Gasteiger partial charge is 0.306 e. The molecular weight excluding hydrogens is 184 g/mol. The molecule has 0 radical (unpaired) electrons. The van der Waals surface area contributed by atoms with Gasteiger partial charge in [-0.25, -0.2) is 0 Å². The van der Waals surface area contributed by atoms with E-state index in [0.29, 0.717) is 6.54 Å². The molecule has 6 heteroatoms. The van der Waals surface area contributed by atoms with Crippen LogP contribution in [0.15, 0.2) is 12.4 Å². The standard InChI is InChI=1S/C8H14N4O2/c1-10(2)4-3-5-11-7-8(6-9-11)12(13)14/h6-7H,3-5H2,1-2H3. The molecule has 6 nitrogen and oxygen atoms in total. The summed E-state index contributed by atoms with van der Waals surface area (Å²) in [4.78, 5) is 12.0. The van der Waals surface area contributed by atoms with Crippen molar-refractivity contribution < 1.29 is 4.92 Å². The van der Waals surface area contributed by atoms with Crippen LogP contribution in [0, 0.1) is 10.1 Å². The van der Waals surface area contributed by atoms with Crippen LogP contribution in [-0.2, 0) is 6.54 Å². The Morgan fingerprint density at radius 2 is 2.36 bits per heavy atom. The molecule has 0 amide bonds. The molecule has 0 fully saturated rings. The Hall–Kier alpha value is -1.43. The van der Waals surface area contributed by atoms with Crippen molar-refractivity contribution >= 4 is 5.69 Å². The lowest BCUT2D eigenvalue weighted by Crippen LogP contribution is -2.15. The van der Waals surface area contributed by atoms with Crippen molar-refractivity contribution in [3.8, 4) is 0 Å². The first kappa shape index (κ1) is 10.6. The van der Waals surface area contributed by atoms with Gasteiger partial charge in [0.15, 0.2) is 0 Å². The van der Waals surface area contributed by atoms with Crippen LogP contribution >= 0.6 is 0 Å². The molecule has 0 spiro atoms. The lowest BCUT2D eigenvalue weighted by atomic mass is 10.4. The number of aromatic nitrogens is 2. The third kappa shape index (κ3) is 3.14. The average Bonchev–Trinajstić information content (AvgIpc) is 2.52. The lowest BCUT2D eigenvalue weighted by molar-refractivity contribution is -0.385. The Morgan fingerprint density at radius 1 is 1.64 bits per heavy atom. The molecule has 14 heavy (non-hydrogen) atoms. The van der Waals surface area contributed by atoms with Gasteiger partial charge in [0.25, 0.3) is 0 Å². The monoisotopic (exact) mass is 198 g/mol. The van der Waals surface area contributed by atoms with E-state index in [1.165, 1.54) is 12.4 Å². The maximum Gasteiger partial charge on any atom is 0.306 e. The van der Waals surface area contributed by atoms with E-state index < -0.39 is 4.92 Å². The van der Waals surface area contributed by atoms with E-state index in [1.807, 2.05) is 14.1 Å². The molecule has 0 N–H and O–H groups in total. The minimum Gasteiger partial charge on any atom is -0.309 e.